The molecule has 0 radical (unpaired) electrons. The van der Waals surface area contributed by atoms with Crippen molar-refractivity contribution in [1.82, 2.24) is 19.9 Å². The zero-order chi connectivity index (χ0) is 21.9. The lowest BCUT2D eigenvalue weighted by Crippen LogP contribution is -2.35. The maximum atomic E-state index is 12.8. The van der Waals surface area contributed by atoms with Gasteiger partial charge in [-0.25, -0.2) is 4.98 Å². The predicted octanol–water partition coefficient (Wildman–Crippen LogP) is 3.83. The minimum atomic E-state index is -0.232. The summed E-state index contributed by atoms with van der Waals surface area (Å²) >= 11 is 0. The van der Waals surface area contributed by atoms with E-state index in [1.807, 2.05) is 48.7 Å². The van der Waals surface area contributed by atoms with E-state index in [4.69, 9.17) is 0 Å². The highest BCUT2D eigenvalue weighted by atomic mass is 16.2. The number of aromatic nitrogens is 3. The molecular weight excluding hydrogens is 400 g/mol. The maximum Gasteiger partial charge on any atom is 0.261 e. The quantitative estimate of drug-likeness (QED) is 0.437. The minimum Gasteiger partial charge on any atom is -0.361 e. The Labute approximate surface area is 184 Å². The normalized spacial score (nSPS) is 12.1. The van der Waals surface area contributed by atoms with Crippen LogP contribution in [0.3, 0.4) is 0 Å². The van der Waals surface area contributed by atoms with Gasteiger partial charge in [0.05, 0.1) is 17.2 Å². The van der Waals surface area contributed by atoms with Gasteiger partial charge in [-0.2, -0.15) is 0 Å². The van der Waals surface area contributed by atoms with E-state index in [9.17, 15) is 9.59 Å². The van der Waals surface area contributed by atoms with E-state index in [1.165, 1.54) is 10.9 Å². The molecule has 5 rings (SSSR count). The van der Waals surface area contributed by atoms with E-state index in [0.29, 0.717) is 17.4 Å². The number of carbonyl (C=O) groups excluding carboxylic acids is 1. The molecule has 32 heavy (non-hydrogen) atoms. The van der Waals surface area contributed by atoms with Crippen LogP contribution in [-0.2, 0) is 11.3 Å². The monoisotopic (exact) mass is 422 g/mol. The second-order valence-electron chi connectivity index (χ2n) is 7.75. The van der Waals surface area contributed by atoms with Gasteiger partial charge in [-0.3, -0.25) is 14.2 Å². The number of hydrogen-bond donors (Lipinski definition) is 2. The van der Waals surface area contributed by atoms with Crippen molar-refractivity contribution in [1.29, 1.82) is 0 Å². The van der Waals surface area contributed by atoms with Crippen molar-refractivity contribution in [2.24, 2.45) is 0 Å². The summed E-state index contributed by atoms with van der Waals surface area (Å²) in [6.45, 7) is 0.340. The Balaban J connectivity index is 1.39. The molecule has 1 unspecified atom stereocenters. The fourth-order valence-electron chi connectivity index (χ4n) is 4.12. The minimum absolute atomic E-state index is 0.0252. The van der Waals surface area contributed by atoms with Crippen molar-refractivity contribution < 1.29 is 4.79 Å². The Morgan fingerprint density at radius 2 is 1.66 bits per heavy atom. The number of H-pyrrole nitrogens is 1. The molecule has 158 valence electrons. The molecule has 0 aliphatic heterocycles. The van der Waals surface area contributed by atoms with E-state index >= 15 is 0 Å². The second-order valence-corrected chi connectivity index (χ2v) is 7.75. The Morgan fingerprint density at radius 3 is 2.50 bits per heavy atom. The van der Waals surface area contributed by atoms with Crippen molar-refractivity contribution in [2.75, 3.05) is 6.54 Å². The Kier molecular flexibility index (Phi) is 5.25. The van der Waals surface area contributed by atoms with Crippen LogP contribution in [0.4, 0.5) is 0 Å². The van der Waals surface area contributed by atoms with Crippen molar-refractivity contribution in [2.45, 2.75) is 12.5 Å². The third-order valence-electron chi connectivity index (χ3n) is 5.75. The molecule has 0 fully saturated rings. The first-order valence-electron chi connectivity index (χ1n) is 10.5. The molecule has 1 atom stereocenters. The Hall–Kier alpha value is -4.19. The molecule has 5 aromatic rings. The third kappa shape index (κ3) is 3.78. The molecule has 6 heteroatoms. The molecule has 0 saturated heterocycles. The fraction of sp³-hybridized carbons (Fsp3) is 0.115. The highest BCUT2D eigenvalue weighted by Crippen LogP contribution is 2.30. The standard InChI is InChI=1S/C26H22N4O2/c31-25(16-30-17-29-24-13-7-5-11-20(24)26(30)32)28-14-21(18-8-2-1-3-9-18)22-15-27-23-12-6-4-10-19(22)23/h1-13,15,17,21,27H,14,16H2,(H,28,31). The number of nitrogens with one attached hydrogen (secondary N) is 2. The molecule has 2 heterocycles. The molecule has 2 N–H and O–H groups in total. The molecule has 2 aromatic heterocycles. The van der Waals surface area contributed by atoms with Gasteiger partial charge >= 0.3 is 0 Å². The molecule has 6 nitrogen and oxygen atoms in total. The van der Waals surface area contributed by atoms with Crippen molar-refractivity contribution in [3.63, 3.8) is 0 Å². The number of nitrogens with zero attached hydrogens (tertiary/aromatic N) is 2. The molecule has 1 amide bonds. The Bertz CT molecular complexity index is 1450. The van der Waals surface area contributed by atoms with Crippen LogP contribution < -0.4 is 10.9 Å². The molecule has 3 aromatic carbocycles. The van der Waals surface area contributed by atoms with Gasteiger partial charge in [-0.15, -0.1) is 0 Å². The van der Waals surface area contributed by atoms with Gasteiger partial charge in [0.15, 0.2) is 0 Å². The number of rotatable bonds is 6. The third-order valence-corrected chi connectivity index (χ3v) is 5.75. The first-order chi connectivity index (χ1) is 15.7. The first kappa shape index (κ1) is 19.8. The molecule has 0 aliphatic carbocycles. The van der Waals surface area contributed by atoms with Crippen LogP contribution >= 0.6 is 0 Å². The predicted molar refractivity (Wildman–Crippen MR) is 126 cm³/mol. The molecule has 0 bridgehead atoms. The number of fused-ring (bicyclic) bond motifs is 2. The lowest BCUT2D eigenvalue weighted by atomic mass is 9.91. The maximum absolute atomic E-state index is 12.8. The topological polar surface area (TPSA) is 79.8 Å². The molecule has 0 saturated carbocycles. The average Bonchev–Trinajstić information content (AvgIpc) is 3.26. The van der Waals surface area contributed by atoms with Gasteiger partial charge in [0.2, 0.25) is 5.91 Å². The zero-order valence-corrected chi connectivity index (χ0v) is 17.4. The number of aromatic amines is 1. The summed E-state index contributed by atoms with van der Waals surface area (Å²) in [4.78, 5) is 33.1. The van der Waals surface area contributed by atoms with Gasteiger partial charge < -0.3 is 10.3 Å². The highest BCUT2D eigenvalue weighted by Gasteiger charge is 2.19. The van der Waals surface area contributed by atoms with Crippen molar-refractivity contribution >= 4 is 27.7 Å². The largest absolute Gasteiger partial charge is 0.361 e. The van der Waals surface area contributed by atoms with Crippen LogP contribution in [0.5, 0.6) is 0 Å². The van der Waals surface area contributed by atoms with Gasteiger partial charge in [0.25, 0.3) is 5.56 Å². The van der Waals surface area contributed by atoms with Crippen LogP contribution in [0.2, 0.25) is 0 Å². The summed E-state index contributed by atoms with van der Waals surface area (Å²) < 4.78 is 1.35. The van der Waals surface area contributed by atoms with E-state index in [1.54, 1.807) is 18.2 Å². The van der Waals surface area contributed by atoms with Gasteiger partial charge in [-0.05, 0) is 29.3 Å². The lowest BCUT2D eigenvalue weighted by Gasteiger charge is -2.18. The average molecular weight is 422 g/mol. The number of carbonyl (C=O) groups is 1. The summed E-state index contributed by atoms with van der Waals surface area (Å²) in [5, 5.41) is 4.65. The van der Waals surface area contributed by atoms with Crippen LogP contribution in [0.25, 0.3) is 21.8 Å². The number of benzene rings is 3. The molecular formula is C26H22N4O2. The smallest absolute Gasteiger partial charge is 0.261 e. The fourth-order valence-corrected chi connectivity index (χ4v) is 4.12. The second kappa shape index (κ2) is 8.51. The van der Waals surface area contributed by atoms with Crippen molar-refractivity contribution in [3.05, 3.63) is 113 Å². The zero-order valence-electron chi connectivity index (χ0n) is 17.4. The van der Waals surface area contributed by atoms with Crippen LogP contribution in [0, 0.1) is 0 Å². The number of hydrogen-bond acceptors (Lipinski definition) is 3. The lowest BCUT2D eigenvalue weighted by molar-refractivity contribution is -0.121. The van der Waals surface area contributed by atoms with Crippen LogP contribution in [-0.4, -0.2) is 27.0 Å². The van der Waals surface area contributed by atoms with E-state index in [0.717, 1.165) is 22.0 Å². The van der Waals surface area contributed by atoms with Gasteiger partial charge in [0, 0.05) is 29.6 Å². The number of amides is 1. The molecule has 0 aliphatic rings. The van der Waals surface area contributed by atoms with Gasteiger partial charge in [-0.1, -0.05) is 60.7 Å². The summed E-state index contributed by atoms with van der Waals surface area (Å²) in [7, 11) is 0. The Morgan fingerprint density at radius 1 is 0.938 bits per heavy atom. The van der Waals surface area contributed by atoms with Crippen molar-refractivity contribution in [3.8, 4) is 0 Å². The van der Waals surface area contributed by atoms with E-state index in [2.05, 4.69) is 33.5 Å². The molecule has 0 spiro atoms. The SMILES string of the molecule is O=C(Cn1cnc2ccccc2c1=O)NCC(c1ccccc1)c1c[nH]c2ccccc12. The van der Waals surface area contributed by atoms with E-state index in [-0.39, 0.29) is 23.9 Å². The summed E-state index contributed by atoms with van der Waals surface area (Å²) in [5.41, 5.74) is 3.70. The first-order valence-corrected chi connectivity index (χ1v) is 10.5. The summed E-state index contributed by atoms with van der Waals surface area (Å²) in [5.74, 6) is -0.257. The summed E-state index contributed by atoms with van der Waals surface area (Å²) in [6, 6.07) is 25.4. The van der Waals surface area contributed by atoms with Crippen LogP contribution in [0.15, 0.2) is 96.2 Å². The number of para-hydroxylation sites is 2. The summed E-state index contributed by atoms with van der Waals surface area (Å²) in [6.07, 6.45) is 3.44. The highest BCUT2D eigenvalue weighted by molar-refractivity contribution is 5.84. The van der Waals surface area contributed by atoms with Crippen LogP contribution in [0.1, 0.15) is 17.0 Å². The van der Waals surface area contributed by atoms with Gasteiger partial charge in [0.1, 0.15) is 6.54 Å². The van der Waals surface area contributed by atoms with E-state index < -0.39 is 0 Å².